The molecule has 2 rings (SSSR count). The molecule has 1 fully saturated rings. The summed E-state index contributed by atoms with van der Waals surface area (Å²) in [6.45, 7) is 1.70. The van der Waals surface area contributed by atoms with Gasteiger partial charge in [-0.1, -0.05) is 12.1 Å². The van der Waals surface area contributed by atoms with Gasteiger partial charge in [-0.3, -0.25) is 0 Å². The van der Waals surface area contributed by atoms with Crippen molar-refractivity contribution in [2.24, 2.45) is 0 Å². The standard InChI is InChI=1S/C13H18FNO3S/c14-12-3-1-11(2-4-12)13(16)5-6-15-7-9-19(17,18)10-8-15/h1-4,13,16H,5-10H2. The van der Waals surface area contributed by atoms with Crippen molar-refractivity contribution in [3.63, 3.8) is 0 Å². The van der Waals surface area contributed by atoms with Crippen molar-refractivity contribution in [2.45, 2.75) is 12.5 Å². The van der Waals surface area contributed by atoms with E-state index in [1.165, 1.54) is 12.1 Å². The lowest BCUT2D eigenvalue weighted by Gasteiger charge is -2.27. The van der Waals surface area contributed by atoms with Crippen LogP contribution in [0.25, 0.3) is 0 Å². The maximum absolute atomic E-state index is 12.8. The van der Waals surface area contributed by atoms with Crippen LogP contribution < -0.4 is 0 Å². The van der Waals surface area contributed by atoms with Crippen molar-refractivity contribution >= 4 is 9.84 Å². The molecule has 0 bridgehead atoms. The minimum Gasteiger partial charge on any atom is -0.388 e. The van der Waals surface area contributed by atoms with Crippen LogP contribution in [-0.2, 0) is 9.84 Å². The second-order valence-corrected chi connectivity index (χ2v) is 7.15. The molecule has 1 aromatic carbocycles. The molecule has 1 atom stereocenters. The highest BCUT2D eigenvalue weighted by Gasteiger charge is 2.21. The summed E-state index contributed by atoms with van der Waals surface area (Å²) in [6, 6.07) is 5.79. The first-order valence-electron chi connectivity index (χ1n) is 6.32. The molecule has 106 valence electrons. The van der Waals surface area contributed by atoms with Crippen LogP contribution in [-0.4, -0.2) is 49.6 Å². The predicted octanol–water partition coefficient (Wildman–Crippen LogP) is 0.980. The van der Waals surface area contributed by atoms with Crippen molar-refractivity contribution in [3.8, 4) is 0 Å². The first kappa shape index (κ1) is 14.4. The number of rotatable bonds is 4. The summed E-state index contributed by atoms with van der Waals surface area (Å²) in [5, 5.41) is 9.98. The first-order valence-corrected chi connectivity index (χ1v) is 8.15. The average Bonchev–Trinajstić information content (AvgIpc) is 2.38. The number of aliphatic hydroxyl groups is 1. The summed E-state index contributed by atoms with van der Waals surface area (Å²) in [5.41, 5.74) is 0.686. The van der Waals surface area contributed by atoms with Gasteiger partial charge in [-0.05, 0) is 24.1 Å². The second kappa shape index (κ2) is 5.98. The number of aliphatic hydroxyl groups excluding tert-OH is 1. The fraction of sp³-hybridized carbons (Fsp3) is 0.538. The lowest BCUT2D eigenvalue weighted by molar-refractivity contribution is 0.144. The van der Waals surface area contributed by atoms with E-state index in [9.17, 15) is 17.9 Å². The molecule has 1 heterocycles. The Morgan fingerprint density at radius 3 is 2.37 bits per heavy atom. The Morgan fingerprint density at radius 1 is 1.21 bits per heavy atom. The molecule has 1 aromatic rings. The van der Waals surface area contributed by atoms with E-state index in [-0.39, 0.29) is 17.3 Å². The molecular formula is C13H18FNO3S. The summed E-state index contributed by atoms with van der Waals surface area (Å²) >= 11 is 0. The lowest BCUT2D eigenvalue weighted by Crippen LogP contribution is -2.40. The van der Waals surface area contributed by atoms with Gasteiger partial charge >= 0.3 is 0 Å². The highest BCUT2D eigenvalue weighted by atomic mass is 32.2. The summed E-state index contributed by atoms with van der Waals surface area (Å²) in [6.07, 6.45) is -0.120. The normalized spacial score (nSPS) is 21.2. The third kappa shape index (κ3) is 4.26. The third-order valence-electron chi connectivity index (χ3n) is 3.41. The van der Waals surface area contributed by atoms with Gasteiger partial charge in [-0.2, -0.15) is 0 Å². The fourth-order valence-electron chi connectivity index (χ4n) is 2.13. The smallest absolute Gasteiger partial charge is 0.152 e. The largest absolute Gasteiger partial charge is 0.388 e. The van der Waals surface area contributed by atoms with Gasteiger partial charge in [0.05, 0.1) is 17.6 Å². The summed E-state index contributed by atoms with van der Waals surface area (Å²) < 4.78 is 35.3. The minimum absolute atomic E-state index is 0.194. The van der Waals surface area contributed by atoms with Crippen molar-refractivity contribution in [3.05, 3.63) is 35.6 Å². The summed E-state index contributed by atoms with van der Waals surface area (Å²) in [4.78, 5) is 2.04. The zero-order chi connectivity index (χ0) is 13.9. The highest BCUT2D eigenvalue weighted by molar-refractivity contribution is 7.91. The van der Waals surface area contributed by atoms with Crippen LogP contribution in [0.2, 0.25) is 0 Å². The Morgan fingerprint density at radius 2 is 1.79 bits per heavy atom. The molecule has 19 heavy (non-hydrogen) atoms. The van der Waals surface area contributed by atoms with Gasteiger partial charge in [0.15, 0.2) is 9.84 Å². The topological polar surface area (TPSA) is 57.6 Å². The van der Waals surface area contributed by atoms with Crippen molar-refractivity contribution in [2.75, 3.05) is 31.1 Å². The number of benzene rings is 1. The molecule has 0 spiro atoms. The number of nitrogens with zero attached hydrogens (tertiary/aromatic N) is 1. The van der Waals surface area contributed by atoms with Crippen LogP contribution in [0.3, 0.4) is 0 Å². The SMILES string of the molecule is O=S1(=O)CCN(CCC(O)c2ccc(F)cc2)CC1. The zero-order valence-corrected chi connectivity index (χ0v) is 11.4. The molecule has 4 nitrogen and oxygen atoms in total. The van der Waals surface area contributed by atoms with Crippen molar-refractivity contribution in [1.29, 1.82) is 0 Å². The van der Waals surface area contributed by atoms with E-state index in [1.807, 2.05) is 4.90 Å². The fourth-order valence-corrected chi connectivity index (χ4v) is 3.41. The highest BCUT2D eigenvalue weighted by Crippen LogP contribution is 2.18. The van der Waals surface area contributed by atoms with E-state index in [0.717, 1.165) is 0 Å². The molecule has 1 aliphatic heterocycles. The molecule has 1 saturated heterocycles. The van der Waals surface area contributed by atoms with Gasteiger partial charge in [0.1, 0.15) is 5.82 Å². The van der Waals surface area contributed by atoms with E-state index in [1.54, 1.807) is 12.1 Å². The van der Waals surface area contributed by atoms with Crippen LogP contribution in [0.15, 0.2) is 24.3 Å². The van der Waals surface area contributed by atoms with Gasteiger partial charge in [0.25, 0.3) is 0 Å². The molecule has 0 aromatic heterocycles. The lowest BCUT2D eigenvalue weighted by atomic mass is 10.1. The monoisotopic (exact) mass is 287 g/mol. The molecule has 1 unspecified atom stereocenters. The predicted molar refractivity (Wildman–Crippen MR) is 71.1 cm³/mol. The van der Waals surface area contributed by atoms with Gasteiger partial charge < -0.3 is 10.0 Å². The van der Waals surface area contributed by atoms with Crippen molar-refractivity contribution in [1.82, 2.24) is 4.90 Å². The Hall–Kier alpha value is -0.980. The molecule has 0 radical (unpaired) electrons. The third-order valence-corrected chi connectivity index (χ3v) is 5.02. The molecule has 0 amide bonds. The number of hydrogen-bond donors (Lipinski definition) is 1. The molecule has 6 heteroatoms. The van der Waals surface area contributed by atoms with Crippen LogP contribution in [0, 0.1) is 5.82 Å². The van der Waals surface area contributed by atoms with E-state index >= 15 is 0 Å². The molecule has 1 N–H and O–H groups in total. The number of hydrogen-bond acceptors (Lipinski definition) is 4. The van der Waals surface area contributed by atoms with Gasteiger partial charge in [0.2, 0.25) is 0 Å². The Kier molecular flexibility index (Phi) is 4.54. The van der Waals surface area contributed by atoms with E-state index in [4.69, 9.17) is 0 Å². The molecule has 1 aliphatic rings. The van der Waals surface area contributed by atoms with Crippen LogP contribution in [0.4, 0.5) is 4.39 Å². The summed E-state index contributed by atoms with van der Waals surface area (Å²) in [7, 11) is -2.86. The Bertz CT molecular complexity index is 501. The maximum atomic E-state index is 12.8. The van der Waals surface area contributed by atoms with E-state index < -0.39 is 15.9 Å². The second-order valence-electron chi connectivity index (χ2n) is 4.85. The van der Waals surface area contributed by atoms with Crippen LogP contribution >= 0.6 is 0 Å². The van der Waals surface area contributed by atoms with Crippen LogP contribution in [0.5, 0.6) is 0 Å². The van der Waals surface area contributed by atoms with E-state index in [0.29, 0.717) is 31.6 Å². The maximum Gasteiger partial charge on any atom is 0.152 e. The van der Waals surface area contributed by atoms with Crippen LogP contribution in [0.1, 0.15) is 18.1 Å². The number of sulfone groups is 1. The zero-order valence-electron chi connectivity index (χ0n) is 10.6. The molecule has 0 saturated carbocycles. The minimum atomic E-state index is -2.86. The van der Waals surface area contributed by atoms with Gasteiger partial charge in [-0.15, -0.1) is 0 Å². The van der Waals surface area contributed by atoms with E-state index in [2.05, 4.69) is 0 Å². The summed E-state index contributed by atoms with van der Waals surface area (Å²) in [5.74, 6) is 0.0661. The Balaban J connectivity index is 1.81. The Labute approximate surface area is 112 Å². The number of halogens is 1. The molecule has 0 aliphatic carbocycles. The average molecular weight is 287 g/mol. The van der Waals surface area contributed by atoms with Crippen molar-refractivity contribution < 1.29 is 17.9 Å². The van der Waals surface area contributed by atoms with Gasteiger partial charge in [0, 0.05) is 19.6 Å². The van der Waals surface area contributed by atoms with Gasteiger partial charge in [-0.25, -0.2) is 12.8 Å². The molecular weight excluding hydrogens is 269 g/mol. The first-order chi connectivity index (χ1) is 8.96. The quantitative estimate of drug-likeness (QED) is 0.897.